The maximum Gasteiger partial charge on any atom is 0.201 e. The van der Waals surface area contributed by atoms with Crippen molar-refractivity contribution in [1.82, 2.24) is 0 Å². The molecular formula is C24H23F3O2. The molecular weight excluding hydrogens is 377 g/mol. The van der Waals surface area contributed by atoms with Crippen molar-refractivity contribution in [2.45, 2.75) is 33.3 Å². The Hall–Kier alpha value is -2.95. The lowest BCUT2D eigenvalue weighted by molar-refractivity contribution is 0.289. The fourth-order valence-corrected chi connectivity index (χ4v) is 2.80. The van der Waals surface area contributed by atoms with E-state index in [2.05, 4.69) is 0 Å². The minimum Gasteiger partial charge on any atom is -0.490 e. The second kappa shape index (κ2) is 9.50. The smallest absolute Gasteiger partial charge is 0.201 e. The van der Waals surface area contributed by atoms with Crippen molar-refractivity contribution >= 4 is 0 Å². The van der Waals surface area contributed by atoms with Crippen LogP contribution in [0.15, 0.2) is 54.6 Å². The van der Waals surface area contributed by atoms with Crippen LogP contribution in [0.3, 0.4) is 0 Å². The van der Waals surface area contributed by atoms with Gasteiger partial charge >= 0.3 is 0 Å². The van der Waals surface area contributed by atoms with Gasteiger partial charge in [-0.05, 0) is 48.2 Å². The average molecular weight is 400 g/mol. The van der Waals surface area contributed by atoms with E-state index in [0.29, 0.717) is 23.5 Å². The van der Waals surface area contributed by atoms with E-state index in [1.807, 2.05) is 6.92 Å². The molecule has 3 aromatic rings. The molecule has 0 aliphatic rings. The molecule has 0 heterocycles. The Balaban J connectivity index is 1.69. The van der Waals surface area contributed by atoms with Crippen LogP contribution in [0.4, 0.5) is 13.2 Å². The summed E-state index contributed by atoms with van der Waals surface area (Å²) >= 11 is 0. The second-order valence-corrected chi connectivity index (χ2v) is 6.84. The van der Waals surface area contributed by atoms with Gasteiger partial charge in [0.15, 0.2) is 11.6 Å². The predicted octanol–water partition coefficient (Wildman–Crippen LogP) is 6.84. The fraction of sp³-hybridized carbons (Fsp3) is 0.250. The molecule has 152 valence electrons. The molecule has 0 N–H and O–H groups in total. The molecule has 2 nitrogen and oxygen atoms in total. The first-order valence-electron chi connectivity index (χ1n) is 9.58. The average Bonchev–Trinajstić information content (AvgIpc) is 2.73. The maximum absolute atomic E-state index is 14.5. The Kier molecular flexibility index (Phi) is 6.81. The highest BCUT2D eigenvalue weighted by atomic mass is 19.2. The van der Waals surface area contributed by atoms with Gasteiger partial charge in [0.1, 0.15) is 18.2 Å². The summed E-state index contributed by atoms with van der Waals surface area (Å²) in [6.07, 6.45) is 1.69. The van der Waals surface area contributed by atoms with Crippen molar-refractivity contribution in [3.63, 3.8) is 0 Å². The van der Waals surface area contributed by atoms with E-state index in [-0.39, 0.29) is 23.7 Å². The van der Waals surface area contributed by atoms with Crippen LogP contribution in [0, 0.1) is 24.4 Å². The molecule has 0 bridgehead atoms. The molecule has 0 aliphatic carbocycles. The zero-order valence-electron chi connectivity index (χ0n) is 16.5. The highest BCUT2D eigenvalue weighted by molar-refractivity contribution is 5.65. The highest BCUT2D eigenvalue weighted by Gasteiger charge is 2.15. The van der Waals surface area contributed by atoms with E-state index in [4.69, 9.17) is 9.47 Å². The summed E-state index contributed by atoms with van der Waals surface area (Å²) in [5, 5.41) is 0. The molecule has 0 amide bonds. The Morgan fingerprint density at radius 2 is 1.59 bits per heavy atom. The molecule has 0 aliphatic heterocycles. The number of aryl methyl sites for hydroxylation is 1. The van der Waals surface area contributed by atoms with Crippen LogP contribution in [0.1, 0.15) is 30.9 Å². The lowest BCUT2D eigenvalue weighted by atomic mass is 10.0. The Bertz CT molecular complexity index is 969. The van der Waals surface area contributed by atoms with Gasteiger partial charge in [0.2, 0.25) is 5.82 Å². The summed E-state index contributed by atoms with van der Waals surface area (Å²) < 4.78 is 53.2. The highest BCUT2D eigenvalue weighted by Crippen LogP contribution is 2.30. The molecule has 3 rings (SSSR count). The van der Waals surface area contributed by atoms with Gasteiger partial charge in [-0.15, -0.1) is 0 Å². The normalized spacial score (nSPS) is 10.8. The van der Waals surface area contributed by atoms with E-state index in [1.54, 1.807) is 43.3 Å². The molecule has 0 fully saturated rings. The first-order chi connectivity index (χ1) is 14.0. The third-order valence-electron chi connectivity index (χ3n) is 4.62. The van der Waals surface area contributed by atoms with Crippen LogP contribution in [0.25, 0.3) is 11.1 Å². The van der Waals surface area contributed by atoms with Crippen LogP contribution in [-0.2, 0) is 6.61 Å². The van der Waals surface area contributed by atoms with Crippen molar-refractivity contribution < 1.29 is 22.6 Å². The molecule has 0 unspecified atom stereocenters. The van der Waals surface area contributed by atoms with Crippen LogP contribution in [0.2, 0.25) is 0 Å². The number of halogens is 3. The SMILES string of the molecule is CCCCOc1ccc(-c2ccc(COc3ccc(C)c(F)c3)cc2)c(F)c1F. The third-order valence-corrected chi connectivity index (χ3v) is 4.62. The van der Waals surface area contributed by atoms with Crippen molar-refractivity contribution in [1.29, 1.82) is 0 Å². The lowest BCUT2D eigenvalue weighted by Gasteiger charge is -2.11. The van der Waals surface area contributed by atoms with Crippen molar-refractivity contribution in [3.05, 3.63) is 83.2 Å². The third kappa shape index (κ3) is 5.11. The fourth-order valence-electron chi connectivity index (χ4n) is 2.80. The summed E-state index contributed by atoms with van der Waals surface area (Å²) in [6, 6.07) is 14.6. The van der Waals surface area contributed by atoms with Crippen LogP contribution in [-0.4, -0.2) is 6.61 Å². The molecule has 0 atom stereocenters. The van der Waals surface area contributed by atoms with E-state index in [0.717, 1.165) is 18.4 Å². The quantitative estimate of drug-likeness (QED) is 0.386. The molecule has 29 heavy (non-hydrogen) atoms. The van der Waals surface area contributed by atoms with Gasteiger partial charge in [0.25, 0.3) is 0 Å². The van der Waals surface area contributed by atoms with E-state index in [9.17, 15) is 13.2 Å². The maximum atomic E-state index is 14.5. The number of unbranched alkanes of at least 4 members (excludes halogenated alkanes) is 1. The summed E-state index contributed by atoms with van der Waals surface area (Å²) in [5.74, 6) is -1.87. The van der Waals surface area contributed by atoms with E-state index in [1.165, 1.54) is 18.2 Å². The zero-order chi connectivity index (χ0) is 20.8. The van der Waals surface area contributed by atoms with Gasteiger partial charge in [-0.2, -0.15) is 4.39 Å². The predicted molar refractivity (Wildman–Crippen MR) is 108 cm³/mol. The van der Waals surface area contributed by atoms with Crippen molar-refractivity contribution in [2.24, 2.45) is 0 Å². The van der Waals surface area contributed by atoms with Gasteiger partial charge in [-0.25, -0.2) is 8.78 Å². The molecule has 0 aromatic heterocycles. The molecule has 0 saturated carbocycles. The molecule has 3 aromatic carbocycles. The second-order valence-electron chi connectivity index (χ2n) is 6.84. The number of hydrogen-bond donors (Lipinski definition) is 0. The summed E-state index contributed by atoms with van der Waals surface area (Å²) in [5.41, 5.74) is 2.10. The van der Waals surface area contributed by atoms with Crippen LogP contribution >= 0.6 is 0 Å². The monoisotopic (exact) mass is 400 g/mol. The summed E-state index contributed by atoms with van der Waals surface area (Å²) in [4.78, 5) is 0. The topological polar surface area (TPSA) is 18.5 Å². The number of ether oxygens (including phenoxy) is 2. The van der Waals surface area contributed by atoms with Gasteiger partial charge in [-0.1, -0.05) is 43.7 Å². The largest absolute Gasteiger partial charge is 0.490 e. The molecule has 0 saturated heterocycles. The number of rotatable bonds is 8. The minimum absolute atomic E-state index is 0.0740. The first kappa shape index (κ1) is 20.8. The van der Waals surface area contributed by atoms with Gasteiger partial charge in [-0.3, -0.25) is 0 Å². The standard InChI is InChI=1S/C24H23F3O2/c1-3-4-13-28-22-12-11-20(23(26)24(22)27)18-8-6-17(7-9-18)15-29-19-10-5-16(2)21(25)14-19/h5-12,14H,3-4,13,15H2,1-2H3. The zero-order valence-corrected chi connectivity index (χ0v) is 16.5. The van der Waals surface area contributed by atoms with Gasteiger partial charge in [0.05, 0.1) is 6.61 Å². The first-order valence-corrected chi connectivity index (χ1v) is 9.58. The summed E-state index contributed by atoms with van der Waals surface area (Å²) in [7, 11) is 0. The summed E-state index contributed by atoms with van der Waals surface area (Å²) in [6.45, 7) is 4.27. The molecule has 0 spiro atoms. The van der Waals surface area contributed by atoms with E-state index >= 15 is 0 Å². The van der Waals surface area contributed by atoms with Gasteiger partial charge in [0, 0.05) is 11.6 Å². The number of benzene rings is 3. The molecule has 0 radical (unpaired) electrons. The van der Waals surface area contributed by atoms with Crippen molar-refractivity contribution in [3.8, 4) is 22.6 Å². The Labute approximate surface area is 168 Å². The Morgan fingerprint density at radius 1 is 0.828 bits per heavy atom. The van der Waals surface area contributed by atoms with Crippen LogP contribution < -0.4 is 9.47 Å². The molecule has 5 heteroatoms. The van der Waals surface area contributed by atoms with Crippen LogP contribution in [0.5, 0.6) is 11.5 Å². The lowest BCUT2D eigenvalue weighted by Crippen LogP contribution is -2.01. The minimum atomic E-state index is -0.979. The van der Waals surface area contributed by atoms with Gasteiger partial charge < -0.3 is 9.47 Å². The van der Waals surface area contributed by atoms with Crippen molar-refractivity contribution in [2.75, 3.05) is 6.61 Å². The van der Waals surface area contributed by atoms with E-state index < -0.39 is 11.6 Å². The Morgan fingerprint density at radius 3 is 2.28 bits per heavy atom. The number of hydrogen-bond acceptors (Lipinski definition) is 2.